The lowest BCUT2D eigenvalue weighted by atomic mass is 10.0. The number of nitrogens with one attached hydrogen (secondary N) is 1. The fourth-order valence-corrected chi connectivity index (χ4v) is 4.33. The van der Waals surface area contributed by atoms with Gasteiger partial charge in [0.15, 0.2) is 0 Å². The Morgan fingerprint density at radius 1 is 1.09 bits per heavy atom. The summed E-state index contributed by atoms with van der Waals surface area (Å²) in [6, 6.07) is 19.4. The highest BCUT2D eigenvalue weighted by molar-refractivity contribution is 6.01. The van der Waals surface area contributed by atoms with Crippen molar-refractivity contribution in [2.24, 2.45) is 0 Å². The number of phenols is 1. The molecule has 0 radical (unpaired) electrons. The zero-order valence-electron chi connectivity index (χ0n) is 19.4. The monoisotopic (exact) mass is 456 g/mol. The van der Waals surface area contributed by atoms with Crippen molar-refractivity contribution in [2.75, 3.05) is 27.2 Å². The Kier molecular flexibility index (Phi) is 5.94. The third kappa shape index (κ3) is 4.47. The third-order valence-corrected chi connectivity index (χ3v) is 6.20. The maximum absolute atomic E-state index is 13.4. The molecule has 0 unspecified atom stereocenters. The van der Waals surface area contributed by atoms with Gasteiger partial charge in [0, 0.05) is 43.2 Å². The molecule has 1 amide bonds. The van der Waals surface area contributed by atoms with Gasteiger partial charge in [0.1, 0.15) is 18.1 Å². The number of amides is 1. The fourth-order valence-electron chi connectivity index (χ4n) is 4.33. The normalized spacial score (nSPS) is 13.0. The molecule has 1 aliphatic heterocycles. The first kappa shape index (κ1) is 22.0. The van der Waals surface area contributed by atoms with E-state index in [1.54, 1.807) is 17.0 Å². The molecule has 0 saturated carbocycles. The van der Waals surface area contributed by atoms with E-state index < -0.39 is 0 Å². The maximum Gasteiger partial charge on any atom is 0.258 e. The number of carbonyl (C=O) groups excluding carboxylic acids is 1. The van der Waals surface area contributed by atoms with E-state index >= 15 is 0 Å². The first-order valence-corrected chi connectivity index (χ1v) is 11.4. The van der Waals surface area contributed by atoms with E-state index in [1.807, 2.05) is 50.5 Å². The first-order chi connectivity index (χ1) is 16.5. The zero-order valence-corrected chi connectivity index (χ0v) is 19.4. The Morgan fingerprint density at radius 2 is 1.88 bits per heavy atom. The topological polar surface area (TPSA) is 81.7 Å². The highest BCUT2D eigenvalue weighted by Crippen LogP contribution is 2.32. The minimum Gasteiger partial charge on any atom is -0.507 e. The number of benzene rings is 3. The number of H-pyrrole nitrogens is 1. The summed E-state index contributed by atoms with van der Waals surface area (Å²) in [4.78, 5) is 17.2. The van der Waals surface area contributed by atoms with E-state index in [0.29, 0.717) is 37.2 Å². The number of nitrogens with zero attached hydrogens (tertiary/aromatic N) is 3. The van der Waals surface area contributed by atoms with Gasteiger partial charge in [-0.15, -0.1) is 0 Å². The van der Waals surface area contributed by atoms with Gasteiger partial charge in [0.2, 0.25) is 0 Å². The van der Waals surface area contributed by atoms with Gasteiger partial charge in [0.05, 0.1) is 11.1 Å². The zero-order chi connectivity index (χ0) is 23.7. The molecule has 2 N–H and O–H groups in total. The van der Waals surface area contributed by atoms with E-state index in [-0.39, 0.29) is 11.7 Å². The van der Waals surface area contributed by atoms with Crippen LogP contribution in [-0.4, -0.2) is 58.3 Å². The molecule has 0 spiro atoms. The number of likely N-dealkylation sites (N-methyl/N-ethyl adjacent to an activating group) is 1. The van der Waals surface area contributed by atoms with Gasteiger partial charge in [-0.2, -0.15) is 5.10 Å². The summed E-state index contributed by atoms with van der Waals surface area (Å²) < 4.78 is 5.85. The predicted molar refractivity (Wildman–Crippen MR) is 131 cm³/mol. The second-order valence-electron chi connectivity index (χ2n) is 8.99. The Balaban J connectivity index is 1.35. The van der Waals surface area contributed by atoms with Crippen LogP contribution in [-0.2, 0) is 19.5 Å². The van der Waals surface area contributed by atoms with Gasteiger partial charge in [0.25, 0.3) is 5.91 Å². The molecule has 0 aliphatic carbocycles. The Bertz CT molecular complexity index is 1330. The molecule has 2 heterocycles. The molecule has 3 aromatic carbocycles. The minimum absolute atomic E-state index is 0.0566. The molecule has 7 nitrogen and oxygen atoms in total. The highest BCUT2D eigenvalue weighted by Gasteiger charge is 2.27. The predicted octanol–water partition coefficient (Wildman–Crippen LogP) is 3.96. The van der Waals surface area contributed by atoms with E-state index in [0.717, 1.165) is 40.1 Å². The van der Waals surface area contributed by atoms with Gasteiger partial charge in [-0.25, -0.2) is 0 Å². The number of carbonyl (C=O) groups is 1. The lowest BCUT2D eigenvalue weighted by molar-refractivity contribution is 0.0748. The fraction of sp³-hybridized carbons (Fsp3) is 0.259. The van der Waals surface area contributed by atoms with Gasteiger partial charge < -0.3 is 19.6 Å². The number of hydrogen-bond donors (Lipinski definition) is 2. The maximum atomic E-state index is 13.4. The van der Waals surface area contributed by atoms with Crippen LogP contribution in [0.25, 0.3) is 10.9 Å². The molecular formula is C27H28N4O3. The number of aromatic amines is 1. The van der Waals surface area contributed by atoms with E-state index in [2.05, 4.69) is 27.2 Å². The molecule has 0 saturated heterocycles. The first-order valence-electron chi connectivity index (χ1n) is 11.4. The van der Waals surface area contributed by atoms with Crippen LogP contribution in [0.1, 0.15) is 32.7 Å². The van der Waals surface area contributed by atoms with Crippen LogP contribution in [0.3, 0.4) is 0 Å². The van der Waals surface area contributed by atoms with E-state index in [9.17, 15) is 9.90 Å². The van der Waals surface area contributed by atoms with Crippen molar-refractivity contribution in [3.63, 3.8) is 0 Å². The van der Waals surface area contributed by atoms with Crippen molar-refractivity contribution in [1.82, 2.24) is 20.0 Å². The SMILES string of the molecule is CN(C)CCOc1ccc2c(c1)CN(C(=O)c1cc3c(Cc4ccccc4)[nH]nc3cc1O)C2. The van der Waals surface area contributed by atoms with Gasteiger partial charge >= 0.3 is 0 Å². The summed E-state index contributed by atoms with van der Waals surface area (Å²) in [6.45, 7) is 2.44. The van der Waals surface area contributed by atoms with Crippen molar-refractivity contribution < 1.29 is 14.6 Å². The van der Waals surface area contributed by atoms with Gasteiger partial charge in [-0.1, -0.05) is 36.4 Å². The minimum atomic E-state index is -0.197. The molecule has 1 aromatic heterocycles. The summed E-state index contributed by atoms with van der Waals surface area (Å²) in [6.07, 6.45) is 0.668. The number of fused-ring (bicyclic) bond motifs is 2. The second-order valence-corrected chi connectivity index (χ2v) is 8.99. The largest absolute Gasteiger partial charge is 0.507 e. The highest BCUT2D eigenvalue weighted by atomic mass is 16.5. The Morgan fingerprint density at radius 3 is 2.68 bits per heavy atom. The number of phenolic OH excluding ortho intramolecular Hbond substituents is 1. The summed E-state index contributed by atoms with van der Waals surface area (Å²) in [5.41, 5.74) is 5.17. The van der Waals surface area contributed by atoms with Crippen molar-refractivity contribution in [1.29, 1.82) is 0 Å². The summed E-state index contributed by atoms with van der Waals surface area (Å²) in [7, 11) is 4.02. The summed E-state index contributed by atoms with van der Waals surface area (Å²) in [5, 5.41) is 18.9. The van der Waals surface area contributed by atoms with Crippen LogP contribution >= 0.6 is 0 Å². The van der Waals surface area contributed by atoms with Crippen molar-refractivity contribution in [2.45, 2.75) is 19.5 Å². The molecule has 174 valence electrons. The average Bonchev–Trinajstić information content (AvgIpc) is 3.42. The van der Waals surface area contributed by atoms with Crippen molar-refractivity contribution in [3.05, 3.63) is 88.6 Å². The molecule has 0 atom stereocenters. The van der Waals surface area contributed by atoms with E-state index in [4.69, 9.17) is 4.74 Å². The van der Waals surface area contributed by atoms with Crippen molar-refractivity contribution in [3.8, 4) is 11.5 Å². The molecule has 4 aromatic rings. The quantitative estimate of drug-likeness (QED) is 0.440. The lowest BCUT2D eigenvalue weighted by Gasteiger charge is -2.16. The molecule has 7 heteroatoms. The summed E-state index contributed by atoms with van der Waals surface area (Å²) in [5.74, 6) is 0.555. The van der Waals surface area contributed by atoms with Gasteiger partial charge in [-0.3, -0.25) is 9.89 Å². The Hall–Kier alpha value is -3.84. The number of aromatic hydroxyl groups is 1. The number of aromatic nitrogens is 2. The molecule has 34 heavy (non-hydrogen) atoms. The van der Waals surface area contributed by atoms with Crippen LogP contribution in [0, 0.1) is 0 Å². The third-order valence-electron chi connectivity index (χ3n) is 6.20. The van der Waals surface area contributed by atoms with Crippen LogP contribution in [0.2, 0.25) is 0 Å². The van der Waals surface area contributed by atoms with Gasteiger partial charge in [-0.05, 0) is 49.0 Å². The standard InChI is InChI=1S/C27H28N4O3/c1-30(2)10-11-34-21-9-8-19-16-31(17-20(19)13-21)27(33)23-14-22-24(12-18-6-4-3-5-7-18)28-29-25(22)15-26(23)32/h3-9,13-15,32H,10-12,16-17H2,1-2H3,(H,28,29). The smallest absolute Gasteiger partial charge is 0.258 e. The van der Waals surface area contributed by atoms with Crippen LogP contribution in [0.5, 0.6) is 11.5 Å². The molecular weight excluding hydrogens is 428 g/mol. The number of rotatable bonds is 7. The Labute approximate surface area is 198 Å². The lowest BCUT2D eigenvalue weighted by Crippen LogP contribution is -2.25. The molecule has 0 bridgehead atoms. The summed E-state index contributed by atoms with van der Waals surface area (Å²) >= 11 is 0. The van der Waals surface area contributed by atoms with Crippen molar-refractivity contribution >= 4 is 16.8 Å². The number of ether oxygens (including phenoxy) is 1. The molecule has 5 rings (SSSR count). The van der Waals surface area contributed by atoms with Crippen LogP contribution < -0.4 is 4.74 Å². The van der Waals surface area contributed by atoms with Crippen LogP contribution in [0.15, 0.2) is 60.7 Å². The van der Waals surface area contributed by atoms with E-state index in [1.165, 1.54) is 0 Å². The molecule has 1 aliphatic rings. The van der Waals surface area contributed by atoms with Crippen LogP contribution in [0.4, 0.5) is 0 Å². The second kappa shape index (κ2) is 9.19. The molecule has 0 fully saturated rings. The average molecular weight is 457 g/mol. The number of hydrogen-bond acceptors (Lipinski definition) is 5.